The maximum Gasteiger partial charge on any atom is 0.434 e. The summed E-state index contributed by atoms with van der Waals surface area (Å²) in [6.45, 7) is 11.3. The van der Waals surface area contributed by atoms with Gasteiger partial charge < -0.3 is 24.9 Å². The van der Waals surface area contributed by atoms with Gasteiger partial charge in [0.05, 0.1) is 5.69 Å². The van der Waals surface area contributed by atoms with E-state index in [-0.39, 0.29) is 23.7 Å². The minimum atomic E-state index is -0.574. The third-order valence-corrected chi connectivity index (χ3v) is 7.88. The molecule has 0 bridgehead atoms. The lowest BCUT2D eigenvalue weighted by Gasteiger charge is -2.31. The summed E-state index contributed by atoms with van der Waals surface area (Å²) in [5.74, 6) is 0.570. The van der Waals surface area contributed by atoms with Gasteiger partial charge in [0.1, 0.15) is 0 Å². The number of piperidine rings is 1. The minimum Gasteiger partial charge on any atom is -0.492 e. The van der Waals surface area contributed by atoms with E-state index in [1.54, 1.807) is 11.8 Å². The topological polar surface area (TPSA) is 116 Å². The first-order chi connectivity index (χ1) is 17.2. The molecule has 2 amide bonds. The van der Waals surface area contributed by atoms with E-state index in [1.807, 2.05) is 4.90 Å². The average Bonchev–Trinajstić information content (AvgIpc) is 3.59. The number of aromatic hydroxyl groups is 2. The van der Waals surface area contributed by atoms with Crippen molar-refractivity contribution in [3.63, 3.8) is 0 Å². The molecule has 3 saturated heterocycles. The van der Waals surface area contributed by atoms with Crippen LogP contribution in [0.2, 0.25) is 0 Å². The van der Waals surface area contributed by atoms with Crippen molar-refractivity contribution in [3.05, 3.63) is 29.6 Å². The second kappa shape index (κ2) is 9.68. The van der Waals surface area contributed by atoms with Crippen LogP contribution in [0, 0.1) is 11.8 Å². The molecule has 3 fully saturated rings. The fourth-order valence-corrected chi connectivity index (χ4v) is 5.88. The van der Waals surface area contributed by atoms with Crippen LogP contribution in [-0.4, -0.2) is 90.7 Å². The largest absolute Gasteiger partial charge is 0.492 e. The number of amides is 2. The number of likely N-dealkylation sites (tertiary alicyclic amines) is 3. The van der Waals surface area contributed by atoms with Crippen LogP contribution in [0.4, 0.5) is 4.79 Å². The van der Waals surface area contributed by atoms with Crippen LogP contribution in [0.3, 0.4) is 0 Å². The quantitative estimate of drug-likeness (QED) is 0.645. The van der Waals surface area contributed by atoms with Gasteiger partial charge in [0, 0.05) is 88.6 Å². The molecule has 3 aliphatic rings. The van der Waals surface area contributed by atoms with Gasteiger partial charge in [-0.3, -0.25) is 14.4 Å². The Bertz CT molecular complexity index is 1080. The molecule has 2 aromatic heterocycles. The molecule has 196 valence electrons. The Hall–Kier alpha value is -3.21. The number of aromatic nitrogens is 3. The van der Waals surface area contributed by atoms with Crippen LogP contribution in [0.5, 0.6) is 11.8 Å². The Morgan fingerprint density at radius 3 is 2.19 bits per heavy atom. The van der Waals surface area contributed by atoms with Crippen LogP contribution in [0.25, 0.3) is 0 Å². The summed E-state index contributed by atoms with van der Waals surface area (Å²) in [4.78, 5) is 35.5. The van der Waals surface area contributed by atoms with Crippen molar-refractivity contribution in [1.29, 1.82) is 0 Å². The number of nitrogens with zero attached hydrogens (tertiary/aromatic N) is 6. The van der Waals surface area contributed by atoms with Gasteiger partial charge in [-0.15, -0.1) is 4.73 Å². The van der Waals surface area contributed by atoms with Crippen molar-refractivity contribution >= 4 is 12.0 Å². The van der Waals surface area contributed by atoms with Gasteiger partial charge in [-0.05, 0) is 38.5 Å². The first kappa shape index (κ1) is 24.5. The molecule has 36 heavy (non-hydrogen) atoms. The van der Waals surface area contributed by atoms with Crippen molar-refractivity contribution in [1.82, 2.24) is 29.2 Å². The molecule has 0 saturated carbocycles. The minimum absolute atomic E-state index is 0.143. The van der Waals surface area contributed by atoms with Crippen LogP contribution < -0.4 is 4.84 Å². The summed E-state index contributed by atoms with van der Waals surface area (Å²) in [7, 11) is 0. The normalized spacial score (nSPS) is 23.0. The fourth-order valence-electron chi connectivity index (χ4n) is 5.88. The predicted molar refractivity (Wildman–Crippen MR) is 130 cm³/mol. The lowest BCUT2D eigenvalue weighted by atomic mass is 9.91. The van der Waals surface area contributed by atoms with Gasteiger partial charge in [-0.1, -0.05) is 0 Å². The molecule has 0 aliphatic carbocycles. The summed E-state index contributed by atoms with van der Waals surface area (Å²) in [5, 5.41) is 24.4. The summed E-state index contributed by atoms with van der Waals surface area (Å²) in [6.07, 6.45) is 3.49. The summed E-state index contributed by atoms with van der Waals surface area (Å²) >= 11 is 0. The van der Waals surface area contributed by atoms with Gasteiger partial charge in [-0.2, -0.15) is 5.10 Å². The first-order valence-electron chi connectivity index (χ1n) is 12.8. The maximum atomic E-state index is 12.6. The highest BCUT2D eigenvalue weighted by Crippen LogP contribution is 2.35. The van der Waals surface area contributed by atoms with Gasteiger partial charge in [0.2, 0.25) is 17.7 Å². The second-order valence-corrected chi connectivity index (χ2v) is 10.7. The first-order valence-corrected chi connectivity index (χ1v) is 12.8. The van der Waals surface area contributed by atoms with E-state index in [0.717, 1.165) is 50.3 Å². The van der Waals surface area contributed by atoms with Crippen LogP contribution in [-0.2, 0) is 11.3 Å². The number of carbonyl (C=O) groups excluding carboxylic acids is 2. The highest BCUT2D eigenvalue weighted by atomic mass is 16.7. The number of hydrogen-bond donors (Lipinski definition) is 2. The third kappa shape index (κ3) is 4.76. The molecule has 3 aliphatic heterocycles. The van der Waals surface area contributed by atoms with Crippen molar-refractivity contribution in [2.45, 2.75) is 52.1 Å². The molecule has 0 aromatic carbocycles. The van der Waals surface area contributed by atoms with E-state index in [0.29, 0.717) is 30.8 Å². The highest BCUT2D eigenvalue weighted by Gasteiger charge is 2.43. The molecule has 2 atom stereocenters. The van der Waals surface area contributed by atoms with Gasteiger partial charge in [0.25, 0.3) is 0 Å². The van der Waals surface area contributed by atoms with Crippen molar-refractivity contribution in [3.8, 4) is 11.8 Å². The Balaban J connectivity index is 1.20. The number of rotatable bonds is 5. The Kier molecular flexibility index (Phi) is 6.59. The molecule has 5 rings (SSSR count). The molecule has 2 N–H and O–H groups in total. The van der Waals surface area contributed by atoms with Gasteiger partial charge in [-0.25, -0.2) is 4.79 Å². The van der Waals surface area contributed by atoms with E-state index in [2.05, 4.69) is 29.6 Å². The monoisotopic (exact) mass is 500 g/mol. The third-order valence-electron chi connectivity index (χ3n) is 7.88. The molecule has 2 aromatic rings. The van der Waals surface area contributed by atoms with E-state index in [1.165, 1.54) is 23.4 Å². The lowest BCUT2D eigenvalue weighted by Crippen LogP contribution is -2.38. The van der Waals surface area contributed by atoms with Crippen LogP contribution in [0.15, 0.2) is 18.3 Å². The molecular formula is C25H36N6O5. The molecule has 2 unspecified atom stereocenters. The van der Waals surface area contributed by atoms with E-state index < -0.39 is 6.09 Å². The molecule has 0 radical (unpaired) electrons. The van der Waals surface area contributed by atoms with E-state index in [4.69, 9.17) is 9.94 Å². The highest BCUT2D eigenvalue weighted by molar-refractivity contribution is 5.73. The number of fused-ring (bicyclic) bond motifs is 1. The lowest BCUT2D eigenvalue weighted by molar-refractivity contribution is -0.129. The summed E-state index contributed by atoms with van der Waals surface area (Å²) in [6, 6.07) is 2.81. The SMILES string of the molecule is CC(=O)N1CCC(c2nn(C(C)C)cc2CN2CC3CN(C(=O)On4c(O)ccc4O)CC3C2)CC1. The zero-order chi connectivity index (χ0) is 25.6. The van der Waals surface area contributed by atoms with Gasteiger partial charge in [0.15, 0.2) is 0 Å². The zero-order valence-corrected chi connectivity index (χ0v) is 21.2. The standard InChI is InChI=1S/C25H36N6O5/c1-16(2)30-15-21(24(26-30)18-6-8-28(9-7-18)17(3)32)12-27-10-19-13-29(14-20(19)11-27)25(35)36-31-22(33)4-5-23(31)34/h4-5,15-16,18-20,33-34H,6-14H2,1-3H3. The fraction of sp³-hybridized carbons (Fsp3) is 0.640. The molecule has 5 heterocycles. The number of carbonyl (C=O) groups is 2. The zero-order valence-electron chi connectivity index (χ0n) is 21.2. The van der Waals surface area contributed by atoms with E-state index >= 15 is 0 Å². The summed E-state index contributed by atoms with van der Waals surface area (Å²) < 4.78 is 2.79. The molecule has 11 nitrogen and oxygen atoms in total. The Morgan fingerprint density at radius 2 is 1.64 bits per heavy atom. The number of hydrogen-bond acceptors (Lipinski definition) is 7. The van der Waals surface area contributed by atoms with Crippen LogP contribution in [0.1, 0.15) is 56.8 Å². The van der Waals surface area contributed by atoms with E-state index in [9.17, 15) is 19.8 Å². The Labute approximate surface area is 210 Å². The average molecular weight is 501 g/mol. The van der Waals surface area contributed by atoms with Gasteiger partial charge >= 0.3 is 6.09 Å². The molecule has 0 spiro atoms. The van der Waals surface area contributed by atoms with Crippen molar-refractivity contribution in [2.75, 3.05) is 39.3 Å². The Morgan fingerprint density at radius 1 is 1.03 bits per heavy atom. The smallest absolute Gasteiger partial charge is 0.434 e. The molecule has 11 heteroatoms. The van der Waals surface area contributed by atoms with Crippen molar-refractivity contribution < 1.29 is 24.6 Å². The second-order valence-electron chi connectivity index (χ2n) is 10.7. The molecular weight excluding hydrogens is 464 g/mol. The summed E-state index contributed by atoms with van der Waals surface area (Å²) in [5.41, 5.74) is 2.43. The predicted octanol–water partition coefficient (Wildman–Crippen LogP) is 2.01. The van der Waals surface area contributed by atoms with Crippen molar-refractivity contribution in [2.24, 2.45) is 11.8 Å². The van der Waals surface area contributed by atoms with Crippen LogP contribution >= 0.6 is 0 Å². The maximum absolute atomic E-state index is 12.6.